The topological polar surface area (TPSA) is 113 Å². The van der Waals surface area contributed by atoms with E-state index in [2.05, 4.69) is 36.5 Å². The van der Waals surface area contributed by atoms with Crippen molar-refractivity contribution >= 4 is 17.6 Å². The van der Waals surface area contributed by atoms with Crippen molar-refractivity contribution in [3.63, 3.8) is 0 Å². The molecule has 19 heavy (non-hydrogen) atoms. The minimum absolute atomic E-state index is 0.674. The number of nitrogens with two attached hydrogens (primary N) is 1. The number of aliphatic carboxylic acids is 2. The van der Waals surface area contributed by atoms with E-state index < -0.39 is 11.9 Å². The fraction of sp³-hybridized carbons (Fsp3) is 0.385. The van der Waals surface area contributed by atoms with E-state index in [4.69, 9.17) is 25.5 Å². The number of carbonyl (C=O) groups is 2. The molecule has 0 saturated carbocycles. The van der Waals surface area contributed by atoms with Gasteiger partial charge < -0.3 is 21.3 Å². The molecule has 1 aromatic rings. The van der Waals surface area contributed by atoms with Crippen molar-refractivity contribution in [2.75, 3.05) is 18.4 Å². The van der Waals surface area contributed by atoms with Gasteiger partial charge in [-0.25, -0.2) is 0 Å². The van der Waals surface area contributed by atoms with E-state index in [0.717, 1.165) is 26.1 Å². The van der Waals surface area contributed by atoms with E-state index in [1.165, 1.54) is 5.56 Å². The molecule has 6 heteroatoms. The molecule has 0 radical (unpaired) electrons. The predicted octanol–water partition coefficient (Wildman–Crippen LogP) is 1.55. The normalized spacial score (nSPS) is 8.21. The van der Waals surface area contributed by atoms with E-state index in [1.807, 2.05) is 0 Å². The van der Waals surface area contributed by atoms with Gasteiger partial charge in [0.1, 0.15) is 0 Å². The molecule has 5 N–H and O–H groups in total. The van der Waals surface area contributed by atoms with Crippen LogP contribution in [-0.4, -0.2) is 35.2 Å². The van der Waals surface area contributed by atoms with Crippen molar-refractivity contribution in [2.24, 2.45) is 5.73 Å². The molecule has 0 aliphatic rings. The van der Waals surface area contributed by atoms with Crippen LogP contribution in [0.2, 0.25) is 0 Å². The van der Waals surface area contributed by atoms with Crippen LogP contribution in [0.1, 0.15) is 19.4 Å². The monoisotopic (exact) mass is 270 g/mol. The van der Waals surface area contributed by atoms with E-state index in [-0.39, 0.29) is 0 Å². The number of hydrogen-bond acceptors (Lipinski definition) is 4. The molecule has 6 nitrogen and oxygen atoms in total. The Morgan fingerprint density at radius 3 is 1.79 bits per heavy atom. The lowest BCUT2D eigenvalue weighted by Crippen LogP contribution is -2.12. The van der Waals surface area contributed by atoms with Gasteiger partial charge >= 0.3 is 0 Å². The summed E-state index contributed by atoms with van der Waals surface area (Å²) in [6.07, 6.45) is 0. The molecule has 108 valence electrons. The first-order chi connectivity index (χ1) is 8.79. The second kappa shape index (κ2) is 12.4. The third kappa shape index (κ3) is 21.7. The van der Waals surface area contributed by atoms with Crippen LogP contribution in [0.15, 0.2) is 24.3 Å². The van der Waals surface area contributed by atoms with Crippen molar-refractivity contribution in [2.45, 2.75) is 20.8 Å². The molecule has 1 rings (SSSR count). The Bertz CT molecular complexity index is 343. The van der Waals surface area contributed by atoms with Crippen molar-refractivity contribution in [3.05, 3.63) is 29.8 Å². The number of nitrogens with one attached hydrogen (secondary N) is 1. The first-order valence-electron chi connectivity index (χ1n) is 5.69. The molecule has 0 saturated heterocycles. The van der Waals surface area contributed by atoms with E-state index in [1.54, 1.807) is 0 Å². The van der Waals surface area contributed by atoms with Gasteiger partial charge in [-0.15, -0.1) is 0 Å². The maximum absolute atomic E-state index is 9.00. The Morgan fingerprint density at radius 1 is 1.11 bits per heavy atom. The van der Waals surface area contributed by atoms with Crippen molar-refractivity contribution in [3.8, 4) is 0 Å². The van der Waals surface area contributed by atoms with Crippen LogP contribution in [0.4, 0.5) is 5.69 Å². The number of carboxylic acids is 2. The van der Waals surface area contributed by atoms with E-state index in [9.17, 15) is 0 Å². The van der Waals surface area contributed by atoms with Gasteiger partial charge in [-0.3, -0.25) is 9.59 Å². The molecule has 0 spiro atoms. The standard InChI is InChI=1S/C9H14N2.2C2H4O2/c1-8-2-4-9(5-3-8)11-7-6-10;2*1-2(3)4/h2-5,11H,6-7,10H2,1H3;2*1H3,(H,3,4). The second-order valence-corrected chi connectivity index (χ2v) is 3.62. The molecule has 0 amide bonds. The highest BCUT2D eigenvalue weighted by molar-refractivity contribution is 5.63. The van der Waals surface area contributed by atoms with Gasteiger partial charge in [0.05, 0.1) is 0 Å². The summed E-state index contributed by atoms with van der Waals surface area (Å²) in [7, 11) is 0. The first-order valence-corrected chi connectivity index (χ1v) is 5.69. The first kappa shape index (κ1) is 19.3. The predicted molar refractivity (Wildman–Crippen MR) is 75.3 cm³/mol. The minimum Gasteiger partial charge on any atom is -0.481 e. The fourth-order valence-corrected chi connectivity index (χ4v) is 0.888. The smallest absolute Gasteiger partial charge is 0.300 e. The molecular weight excluding hydrogens is 248 g/mol. The third-order valence-corrected chi connectivity index (χ3v) is 1.53. The third-order valence-electron chi connectivity index (χ3n) is 1.53. The highest BCUT2D eigenvalue weighted by Gasteiger charge is 1.87. The van der Waals surface area contributed by atoms with Gasteiger partial charge in [-0.05, 0) is 19.1 Å². The molecule has 0 unspecified atom stereocenters. The molecule has 0 aromatic heterocycles. The Labute approximate surface area is 113 Å². The Morgan fingerprint density at radius 2 is 1.47 bits per heavy atom. The van der Waals surface area contributed by atoms with Crippen LogP contribution >= 0.6 is 0 Å². The van der Waals surface area contributed by atoms with Gasteiger partial charge in [-0.2, -0.15) is 0 Å². The summed E-state index contributed by atoms with van der Waals surface area (Å²) in [6.45, 7) is 5.75. The van der Waals surface area contributed by atoms with Gasteiger partial charge in [0.25, 0.3) is 11.9 Å². The highest BCUT2D eigenvalue weighted by Crippen LogP contribution is 2.07. The van der Waals surface area contributed by atoms with Gasteiger partial charge in [-0.1, -0.05) is 17.7 Å². The molecule has 0 heterocycles. The summed E-state index contributed by atoms with van der Waals surface area (Å²) in [5, 5.41) is 18.0. The number of hydrogen-bond donors (Lipinski definition) is 4. The number of rotatable bonds is 3. The fourth-order valence-electron chi connectivity index (χ4n) is 0.888. The highest BCUT2D eigenvalue weighted by atomic mass is 16.4. The van der Waals surface area contributed by atoms with Crippen molar-refractivity contribution in [1.29, 1.82) is 0 Å². The zero-order valence-electron chi connectivity index (χ0n) is 11.5. The van der Waals surface area contributed by atoms with Crippen LogP contribution < -0.4 is 11.1 Å². The summed E-state index contributed by atoms with van der Waals surface area (Å²) in [5.74, 6) is -1.67. The Balaban J connectivity index is 0. The van der Waals surface area contributed by atoms with E-state index in [0.29, 0.717) is 6.54 Å². The largest absolute Gasteiger partial charge is 0.481 e. The van der Waals surface area contributed by atoms with E-state index >= 15 is 0 Å². The lowest BCUT2D eigenvalue weighted by atomic mass is 10.2. The molecular formula is C13H22N2O4. The maximum Gasteiger partial charge on any atom is 0.300 e. The summed E-state index contributed by atoms with van der Waals surface area (Å²) >= 11 is 0. The zero-order chi connectivity index (χ0) is 15.3. The number of aryl methyl sites for hydroxylation is 1. The molecule has 0 bridgehead atoms. The summed E-state index contributed by atoms with van der Waals surface area (Å²) in [6, 6.07) is 8.29. The zero-order valence-corrected chi connectivity index (χ0v) is 11.5. The maximum atomic E-state index is 9.00. The van der Waals surface area contributed by atoms with Gasteiger partial charge in [0.15, 0.2) is 0 Å². The average Bonchev–Trinajstić information content (AvgIpc) is 2.27. The molecule has 0 aliphatic heterocycles. The van der Waals surface area contributed by atoms with Gasteiger partial charge in [0, 0.05) is 32.6 Å². The number of benzene rings is 1. The van der Waals surface area contributed by atoms with Crippen LogP contribution in [0.3, 0.4) is 0 Å². The van der Waals surface area contributed by atoms with Crippen molar-refractivity contribution in [1.82, 2.24) is 0 Å². The lowest BCUT2D eigenvalue weighted by Gasteiger charge is -2.03. The molecule has 0 atom stereocenters. The molecule has 0 aliphatic carbocycles. The summed E-state index contributed by atoms with van der Waals surface area (Å²) in [4.78, 5) is 18.0. The number of carboxylic acid groups (broad SMARTS) is 2. The summed E-state index contributed by atoms with van der Waals surface area (Å²) < 4.78 is 0. The lowest BCUT2D eigenvalue weighted by molar-refractivity contribution is -0.135. The van der Waals surface area contributed by atoms with Crippen LogP contribution in [0.5, 0.6) is 0 Å². The average molecular weight is 270 g/mol. The second-order valence-electron chi connectivity index (χ2n) is 3.62. The van der Waals surface area contributed by atoms with Crippen LogP contribution in [0.25, 0.3) is 0 Å². The van der Waals surface area contributed by atoms with Gasteiger partial charge in [0.2, 0.25) is 0 Å². The minimum atomic E-state index is -0.833. The molecule has 1 aromatic carbocycles. The Kier molecular flexibility index (Phi) is 12.6. The van der Waals surface area contributed by atoms with Crippen molar-refractivity contribution < 1.29 is 19.8 Å². The number of anilines is 1. The SMILES string of the molecule is CC(=O)O.CC(=O)O.Cc1ccc(NCCN)cc1. The molecule has 0 fully saturated rings. The van der Waals surface area contributed by atoms with Crippen LogP contribution in [0, 0.1) is 6.92 Å². The Hall–Kier alpha value is -2.08. The quantitative estimate of drug-likeness (QED) is 0.663. The summed E-state index contributed by atoms with van der Waals surface area (Å²) in [5.41, 5.74) is 7.76. The van der Waals surface area contributed by atoms with Crippen LogP contribution in [-0.2, 0) is 9.59 Å².